The molecule has 5 rings (SSSR count). The van der Waals surface area contributed by atoms with E-state index in [1.807, 2.05) is 17.0 Å². The minimum Gasteiger partial charge on any atom is -0.460 e. The van der Waals surface area contributed by atoms with Crippen molar-refractivity contribution in [2.45, 2.75) is 88.8 Å². The number of carbonyl (C=O) groups is 3. The smallest absolute Gasteiger partial charge is 0.374 e. The molecule has 10 heteroatoms. The largest absolute Gasteiger partial charge is 0.460 e. The van der Waals surface area contributed by atoms with Gasteiger partial charge in [0.05, 0.1) is 18.8 Å². The van der Waals surface area contributed by atoms with E-state index in [9.17, 15) is 18.8 Å². The van der Waals surface area contributed by atoms with E-state index in [4.69, 9.17) is 24.4 Å². The first-order chi connectivity index (χ1) is 21.8. The molecule has 1 aromatic heterocycles. The number of amides is 1. The number of nitrogens with zero attached hydrogens (tertiary/aromatic N) is 1. The zero-order valence-corrected chi connectivity index (χ0v) is 26.7. The van der Waals surface area contributed by atoms with Crippen LogP contribution in [0.5, 0.6) is 0 Å². The molecule has 1 amide bonds. The molecule has 2 saturated carbocycles. The molecule has 9 nitrogen and oxygen atoms in total. The van der Waals surface area contributed by atoms with E-state index in [0.29, 0.717) is 43.9 Å². The Balaban J connectivity index is 1.30. The average molecular weight is 629 g/mol. The Morgan fingerprint density at radius 1 is 1.00 bits per heavy atom. The minimum atomic E-state index is -0.538. The maximum atomic E-state index is 14.2. The van der Waals surface area contributed by atoms with Gasteiger partial charge in [0.1, 0.15) is 12.3 Å². The first kappa shape index (κ1) is 33.5. The molecule has 1 aromatic carbocycles. The summed E-state index contributed by atoms with van der Waals surface area (Å²) in [5.74, 6) is 0.138. The Morgan fingerprint density at radius 2 is 1.76 bits per heavy atom. The number of rotatable bonds is 13. The maximum Gasteiger partial charge on any atom is 0.374 e. The first-order valence-electron chi connectivity index (χ1n) is 16.7. The van der Waals surface area contributed by atoms with Gasteiger partial charge in [0.2, 0.25) is 11.7 Å². The van der Waals surface area contributed by atoms with Crippen molar-refractivity contribution >= 4 is 28.6 Å². The van der Waals surface area contributed by atoms with Gasteiger partial charge < -0.3 is 29.3 Å². The van der Waals surface area contributed by atoms with Crippen LogP contribution in [-0.4, -0.2) is 81.4 Å². The molecule has 1 aliphatic heterocycles. The standard InChI is InChI=1S/C35H49FN2O7/c1-42-16-3-17-44-35(41)32-20-26-18-22(4-13-31(26)45-32)19-30(39)33-28(23-9-11-27(43-2)12-10-23)14-15-38(33)34(40)25-7-5-24(6-8-25)29(37)21-36/h4,13,18,20,23-25,27-29,33H,3,5-12,14-17,19,21,37H2,1-2H3/t23?,24?,25?,27?,28-,29+,33-/m0/s1. The van der Waals surface area contributed by atoms with Crippen LogP contribution in [0.4, 0.5) is 4.39 Å². The second-order valence-electron chi connectivity index (χ2n) is 13.2. The van der Waals surface area contributed by atoms with Crippen molar-refractivity contribution in [2.75, 3.05) is 40.7 Å². The third kappa shape index (κ3) is 7.95. The van der Waals surface area contributed by atoms with E-state index >= 15 is 0 Å². The topological polar surface area (TPSA) is 121 Å². The van der Waals surface area contributed by atoms with Gasteiger partial charge >= 0.3 is 5.97 Å². The van der Waals surface area contributed by atoms with E-state index < -0.39 is 24.7 Å². The lowest BCUT2D eigenvalue weighted by molar-refractivity contribution is -0.143. The Labute approximate surface area is 265 Å². The Bertz CT molecular complexity index is 1300. The molecule has 0 unspecified atom stereocenters. The molecule has 3 fully saturated rings. The number of nitrogens with two attached hydrogens (primary N) is 1. The van der Waals surface area contributed by atoms with E-state index in [2.05, 4.69) is 0 Å². The summed E-state index contributed by atoms with van der Waals surface area (Å²) in [5.41, 5.74) is 7.33. The highest BCUT2D eigenvalue weighted by molar-refractivity contribution is 5.94. The predicted molar refractivity (Wildman–Crippen MR) is 167 cm³/mol. The number of esters is 1. The van der Waals surface area contributed by atoms with Gasteiger partial charge in [-0.05, 0) is 99.3 Å². The number of likely N-dealkylation sites (tertiary alicyclic amines) is 1. The highest BCUT2D eigenvalue weighted by Gasteiger charge is 2.47. The fourth-order valence-electron chi connectivity index (χ4n) is 7.93. The number of furan rings is 1. The van der Waals surface area contributed by atoms with Crippen LogP contribution in [0, 0.1) is 23.7 Å². The Kier molecular flexibility index (Phi) is 11.7. The second kappa shape index (κ2) is 15.6. The van der Waals surface area contributed by atoms with Gasteiger partial charge in [-0.1, -0.05) is 6.07 Å². The minimum absolute atomic E-state index is 0.0495. The number of ether oxygens (including phenoxy) is 3. The molecule has 0 spiro atoms. The number of methoxy groups -OCH3 is 2. The SMILES string of the molecule is COCCCOC(=O)c1cc2cc(CC(=O)[C@@H]3[C@H](C4CCC(OC)CC4)CCN3C(=O)C3CCC([C@H](N)CF)CC3)ccc2o1. The van der Waals surface area contributed by atoms with Crippen LogP contribution in [0.2, 0.25) is 0 Å². The number of fused-ring (bicyclic) bond motifs is 1. The molecule has 0 bridgehead atoms. The lowest BCUT2D eigenvalue weighted by Gasteiger charge is -2.37. The molecular formula is C35H49FN2O7. The molecule has 2 aliphatic carbocycles. The zero-order chi connectivity index (χ0) is 31.9. The summed E-state index contributed by atoms with van der Waals surface area (Å²) in [6.07, 6.45) is 8.65. The van der Waals surface area contributed by atoms with E-state index in [-0.39, 0.29) is 54.3 Å². The van der Waals surface area contributed by atoms with Crippen molar-refractivity contribution in [2.24, 2.45) is 29.4 Å². The third-order valence-corrected chi connectivity index (χ3v) is 10.5. The zero-order valence-electron chi connectivity index (χ0n) is 26.7. The fourth-order valence-corrected chi connectivity index (χ4v) is 7.93. The van der Waals surface area contributed by atoms with Crippen LogP contribution in [0.1, 0.15) is 80.3 Å². The van der Waals surface area contributed by atoms with Crippen molar-refractivity contribution in [3.05, 3.63) is 35.6 Å². The summed E-state index contributed by atoms with van der Waals surface area (Å²) in [6.45, 7) is 0.788. The van der Waals surface area contributed by atoms with Crippen LogP contribution in [0.15, 0.2) is 28.7 Å². The Morgan fingerprint density at radius 3 is 2.44 bits per heavy atom. The van der Waals surface area contributed by atoms with Crippen LogP contribution < -0.4 is 5.73 Å². The van der Waals surface area contributed by atoms with E-state index in [1.54, 1.807) is 26.4 Å². The van der Waals surface area contributed by atoms with Gasteiger partial charge in [-0.2, -0.15) is 0 Å². The number of hydrogen-bond donors (Lipinski definition) is 1. The van der Waals surface area contributed by atoms with Crippen LogP contribution in [0.3, 0.4) is 0 Å². The lowest BCUT2D eigenvalue weighted by Crippen LogP contribution is -2.48. The maximum absolute atomic E-state index is 14.2. The predicted octanol–water partition coefficient (Wildman–Crippen LogP) is 5.26. The monoisotopic (exact) mass is 628 g/mol. The molecular weight excluding hydrogens is 579 g/mol. The average Bonchev–Trinajstić information content (AvgIpc) is 3.71. The fraction of sp³-hybridized carbons (Fsp3) is 0.686. The summed E-state index contributed by atoms with van der Waals surface area (Å²) in [5, 5.41) is 0.723. The summed E-state index contributed by atoms with van der Waals surface area (Å²) in [6, 6.07) is 6.23. The summed E-state index contributed by atoms with van der Waals surface area (Å²) in [7, 11) is 3.35. The van der Waals surface area contributed by atoms with Crippen molar-refractivity contribution in [1.29, 1.82) is 0 Å². The highest BCUT2D eigenvalue weighted by atomic mass is 19.1. The van der Waals surface area contributed by atoms with Gasteiger partial charge in [0, 0.05) is 57.6 Å². The van der Waals surface area contributed by atoms with Gasteiger partial charge in [0.15, 0.2) is 5.78 Å². The molecule has 0 radical (unpaired) electrons. The number of hydrogen-bond acceptors (Lipinski definition) is 8. The number of alkyl halides is 1. The number of Topliss-reactive ketones (excluding diaryl/α,β-unsaturated/α-hetero) is 1. The van der Waals surface area contributed by atoms with Gasteiger partial charge in [-0.25, -0.2) is 9.18 Å². The quantitative estimate of drug-likeness (QED) is 0.236. The van der Waals surface area contributed by atoms with Crippen molar-refractivity contribution in [1.82, 2.24) is 4.90 Å². The lowest BCUT2D eigenvalue weighted by atomic mass is 9.74. The van der Waals surface area contributed by atoms with Crippen molar-refractivity contribution in [3.8, 4) is 0 Å². The highest BCUT2D eigenvalue weighted by Crippen LogP contribution is 2.42. The summed E-state index contributed by atoms with van der Waals surface area (Å²) >= 11 is 0. The van der Waals surface area contributed by atoms with Crippen LogP contribution in [-0.2, 0) is 30.2 Å². The number of carbonyl (C=O) groups excluding carboxylic acids is 3. The van der Waals surface area contributed by atoms with Crippen LogP contribution in [0.25, 0.3) is 11.0 Å². The van der Waals surface area contributed by atoms with Crippen molar-refractivity contribution < 1.29 is 37.4 Å². The first-order valence-corrected chi connectivity index (χ1v) is 16.7. The molecule has 2 N–H and O–H groups in total. The molecule has 3 atom stereocenters. The third-order valence-electron chi connectivity index (χ3n) is 10.5. The van der Waals surface area contributed by atoms with Gasteiger partial charge in [0.25, 0.3) is 0 Å². The van der Waals surface area contributed by atoms with Gasteiger partial charge in [-0.15, -0.1) is 0 Å². The second-order valence-corrected chi connectivity index (χ2v) is 13.2. The molecule has 2 aromatic rings. The molecule has 1 saturated heterocycles. The summed E-state index contributed by atoms with van der Waals surface area (Å²) in [4.78, 5) is 42.5. The normalized spacial score (nSPS) is 27.9. The molecule has 2 heterocycles. The number of benzene rings is 1. The Hall–Kier alpha value is -2.82. The van der Waals surface area contributed by atoms with E-state index in [1.165, 1.54) is 0 Å². The van der Waals surface area contributed by atoms with E-state index in [0.717, 1.165) is 55.9 Å². The summed E-state index contributed by atoms with van der Waals surface area (Å²) < 4.78 is 34.8. The molecule has 45 heavy (non-hydrogen) atoms. The number of ketones is 1. The number of halogens is 1. The molecule has 248 valence electrons. The van der Waals surface area contributed by atoms with Crippen molar-refractivity contribution in [3.63, 3.8) is 0 Å². The van der Waals surface area contributed by atoms with Crippen LogP contribution >= 0.6 is 0 Å². The molecule has 3 aliphatic rings. The van der Waals surface area contributed by atoms with Gasteiger partial charge in [-0.3, -0.25) is 9.59 Å².